The van der Waals surface area contributed by atoms with E-state index in [2.05, 4.69) is 0 Å². The van der Waals surface area contributed by atoms with Crippen LogP contribution in [0.1, 0.15) is 0 Å². The molecule has 0 spiro atoms. The van der Waals surface area contributed by atoms with Gasteiger partial charge in [-0.15, -0.1) is 11.8 Å². The van der Waals surface area contributed by atoms with Crippen LogP contribution in [0.5, 0.6) is 0 Å². The number of carboxylic acids is 2. The molecule has 200 valence electrons. The van der Waals surface area contributed by atoms with Crippen LogP contribution in [0.15, 0.2) is 11.0 Å². The number of thioether (sulfide) groups is 1. The number of allylic oxidation sites excluding steroid dienone is 1. The Bertz CT molecular complexity index is 824. The maximum Gasteiger partial charge on any atom is 0.460 e. The van der Waals surface area contributed by atoms with E-state index >= 15 is 0 Å². The van der Waals surface area contributed by atoms with Crippen LogP contribution in [-0.2, 0) is 9.59 Å². The normalized spacial score (nSPS) is 16.4. The predicted molar refractivity (Wildman–Crippen MR) is 79.5 cm³/mol. The molecule has 0 amide bonds. The lowest BCUT2D eigenvalue weighted by molar-refractivity contribution is -0.449. The van der Waals surface area contributed by atoms with E-state index in [1.807, 2.05) is 0 Å². The maximum absolute atomic E-state index is 14.1. The zero-order valence-electron chi connectivity index (χ0n) is 15.2. The Labute approximate surface area is 180 Å². The van der Waals surface area contributed by atoms with Crippen molar-refractivity contribution in [3.05, 3.63) is 11.0 Å². The summed E-state index contributed by atoms with van der Waals surface area (Å²) in [6.45, 7) is 0. The highest BCUT2D eigenvalue weighted by molar-refractivity contribution is 8.03. The summed E-state index contributed by atoms with van der Waals surface area (Å²) in [5.74, 6) is -54.9. The van der Waals surface area contributed by atoms with Gasteiger partial charge in [0.25, 0.3) is 0 Å². The van der Waals surface area contributed by atoms with E-state index in [0.29, 0.717) is 0 Å². The van der Waals surface area contributed by atoms with Gasteiger partial charge in [-0.3, -0.25) is 4.79 Å². The van der Waals surface area contributed by atoms with Crippen LogP contribution in [0.25, 0.3) is 0 Å². The summed E-state index contributed by atoms with van der Waals surface area (Å²) in [5, 5.41) is 16.8. The first-order valence-corrected chi connectivity index (χ1v) is 8.53. The molecule has 0 aromatic rings. The summed E-state index contributed by atoms with van der Waals surface area (Å²) in [5.41, 5.74) is 4.76. The number of alkyl halides is 15. The number of hydrogen-bond acceptors (Lipinski definition) is 4. The Morgan fingerprint density at radius 3 is 1.38 bits per heavy atom. The molecule has 0 radical (unpaired) electrons. The largest absolute Gasteiger partial charge is 0.480 e. The molecule has 0 aromatic heterocycles. The highest BCUT2D eigenvalue weighted by Crippen LogP contribution is 2.63. The van der Waals surface area contributed by atoms with Crippen LogP contribution in [0.2, 0.25) is 0 Å². The zero-order valence-corrected chi connectivity index (χ0v) is 16.0. The fourth-order valence-corrected chi connectivity index (χ4v) is 2.70. The summed E-state index contributed by atoms with van der Waals surface area (Å²) in [7, 11) is 0. The number of nitrogens with two attached hydrogens (primary N) is 1. The van der Waals surface area contributed by atoms with Crippen LogP contribution in [0, 0.1) is 0 Å². The van der Waals surface area contributed by atoms with Crippen molar-refractivity contribution in [2.75, 3.05) is 5.75 Å². The van der Waals surface area contributed by atoms with E-state index in [1.165, 1.54) is 0 Å². The molecule has 0 aliphatic rings. The van der Waals surface area contributed by atoms with Crippen molar-refractivity contribution < 1.29 is 85.7 Å². The minimum absolute atomic E-state index is 1.09. The van der Waals surface area contributed by atoms with Gasteiger partial charge in [0.15, 0.2) is 0 Å². The fraction of sp³-hybridized carbons (Fsp3) is 0.692. The van der Waals surface area contributed by atoms with Crippen LogP contribution in [0.3, 0.4) is 0 Å². The number of hydrogen-bond donors (Lipinski definition) is 3. The monoisotopic (exact) mass is 559 g/mol. The quantitative estimate of drug-likeness (QED) is 0.255. The molecule has 0 saturated carbocycles. The van der Waals surface area contributed by atoms with E-state index in [1.54, 1.807) is 0 Å². The van der Waals surface area contributed by atoms with E-state index in [9.17, 15) is 75.4 Å². The number of halogens is 15. The number of carboxylic acid groups (broad SMARTS) is 2. The van der Waals surface area contributed by atoms with Crippen molar-refractivity contribution in [1.82, 2.24) is 0 Å². The molecule has 0 aromatic carbocycles. The molecule has 5 nitrogen and oxygen atoms in total. The molecule has 0 fully saturated rings. The topological polar surface area (TPSA) is 101 Å². The molecule has 0 heterocycles. The third-order valence-electron chi connectivity index (χ3n) is 3.63. The second-order valence-electron chi connectivity index (χ2n) is 6.05. The highest BCUT2D eigenvalue weighted by atomic mass is 32.2. The fourth-order valence-electron chi connectivity index (χ4n) is 1.71. The van der Waals surface area contributed by atoms with E-state index in [4.69, 9.17) is 15.9 Å². The smallest absolute Gasteiger partial charge is 0.460 e. The van der Waals surface area contributed by atoms with Gasteiger partial charge in [-0.05, 0) is 0 Å². The van der Waals surface area contributed by atoms with Gasteiger partial charge in [-0.25, -0.2) is 4.79 Å². The number of carbonyl (C=O) groups is 2. The van der Waals surface area contributed by atoms with Crippen molar-refractivity contribution in [3.63, 3.8) is 0 Å². The van der Waals surface area contributed by atoms with Gasteiger partial charge in [0.2, 0.25) is 0 Å². The average Bonchev–Trinajstić information content (AvgIpc) is 2.62. The van der Waals surface area contributed by atoms with E-state index in [-0.39, 0.29) is 0 Å². The molecule has 4 N–H and O–H groups in total. The van der Waals surface area contributed by atoms with Gasteiger partial charge in [0.1, 0.15) is 6.04 Å². The van der Waals surface area contributed by atoms with Gasteiger partial charge in [-0.2, -0.15) is 65.9 Å². The molecular formula is C13H8F15NO4S. The average molecular weight is 559 g/mol. The first-order valence-electron chi connectivity index (χ1n) is 7.54. The first kappa shape index (κ1) is 31.9. The molecule has 21 heteroatoms. The zero-order chi connectivity index (χ0) is 27.9. The van der Waals surface area contributed by atoms with Crippen molar-refractivity contribution in [3.8, 4) is 0 Å². The van der Waals surface area contributed by atoms with Crippen LogP contribution < -0.4 is 5.73 Å². The standard InChI is InChI=1S/C13H8F15NO4S/c14-7(15,4(1-5(30)31)34-2-3(29)6(32)33)8(16,17)9(18,19)10(20,21)11(22,23)12(24,25)13(26,27)28/h1,3H,2,29H2,(H,30,31)(H,32,33)/b4-1+/t3-/m0/s1. The maximum atomic E-state index is 14.1. The number of rotatable bonds is 11. The summed E-state index contributed by atoms with van der Waals surface area (Å²) >= 11 is -1.09. The van der Waals surface area contributed by atoms with Gasteiger partial charge >= 0.3 is 53.7 Å². The summed E-state index contributed by atoms with van der Waals surface area (Å²) < 4.78 is 198. The van der Waals surface area contributed by atoms with E-state index < -0.39 is 88.2 Å². The molecule has 0 saturated heterocycles. The lowest BCUT2D eigenvalue weighted by Gasteiger charge is -2.41. The van der Waals surface area contributed by atoms with Crippen molar-refractivity contribution in [2.45, 2.75) is 47.8 Å². The first-order chi connectivity index (χ1) is 14.6. The van der Waals surface area contributed by atoms with Crippen molar-refractivity contribution in [1.29, 1.82) is 0 Å². The van der Waals surface area contributed by atoms with Crippen molar-refractivity contribution in [2.24, 2.45) is 5.73 Å². The molecule has 1 atom stereocenters. The number of aliphatic carboxylic acids is 2. The predicted octanol–water partition coefficient (Wildman–Crippen LogP) is 4.47. The summed E-state index contributed by atoms with van der Waals surface area (Å²) in [6.07, 6.45) is -8.85. The van der Waals surface area contributed by atoms with Gasteiger partial charge in [0.05, 0.1) is 4.91 Å². The molecule has 0 unspecified atom stereocenters. The minimum Gasteiger partial charge on any atom is -0.480 e. The highest BCUT2D eigenvalue weighted by Gasteiger charge is 2.93. The Morgan fingerprint density at radius 1 is 0.706 bits per heavy atom. The lowest BCUT2D eigenvalue weighted by Crippen LogP contribution is -2.72. The van der Waals surface area contributed by atoms with Crippen LogP contribution in [-0.4, -0.2) is 75.7 Å². The third-order valence-corrected chi connectivity index (χ3v) is 4.84. The summed E-state index contributed by atoms with van der Waals surface area (Å²) in [6, 6.07) is -2.32. The second kappa shape index (κ2) is 9.19. The van der Waals surface area contributed by atoms with Crippen LogP contribution in [0.4, 0.5) is 65.9 Å². The minimum atomic E-state index is -8.54. The third kappa shape index (κ3) is 4.98. The molecule has 0 aliphatic heterocycles. The van der Waals surface area contributed by atoms with Crippen molar-refractivity contribution >= 4 is 23.7 Å². The molecule has 0 rings (SSSR count). The van der Waals surface area contributed by atoms with Gasteiger partial charge < -0.3 is 15.9 Å². The Kier molecular flexibility index (Phi) is 8.63. The van der Waals surface area contributed by atoms with Gasteiger partial charge in [0, 0.05) is 11.8 Å². The molecule has 34 heavy (non-hydrogen) atoms. The lowest BCUT2D eigenvalue weighted by atomic mass is 9.91. The Morgan fingerprint density at radius 2 is 1.06 bits per heavy atom. The molecular weight excluding hydrogens is 551 g/mol. The van der Waals surface area contributed by atoms with Gasteiger partial charge in [-0.1, -0.05) is 0 Å². The molecule has 0 aliphatic carbocycles. The summed E-state index contributed by atoms with van der Waals surface area (Å²) in [4.78, 5) is 18.1. The Hall–Kier alpha value is -2.06. The molecule has 0 bridgehead atoms. The second-order valence-corrected chi connectivity index (χ2v) is 7.11. The van der Waals surface area contributed by atoms with E-state index in [0.717, 1.165) is 0 Å². The van der Waals surface area contributed by atoms with Crippen LogP contribution >= 0.6 is 11.8 Å². The SMILES string of the molecule is N[C@@H](CS/C(=C/C(=O)O)C(F)(F)C(F)(F)C(F)(F)C(F)(F)C(F)(F)C(F)(F)C(F)(F)F)C(=O)O. The Balaban J connectivity index is 6.76.